The SMILES string of the molecule is CC(C)[C@H](N)C(=O)NCC(=O)N1CCC[C@H]1C(=O)NCC(=O)O. The minimum absolute atomic E-state index is 0.0496. The molecule has 1 aliphatic heterocycles. The van der Waals surface area contributed by atoms with Crippen molar-refractivity contribution in [3.8, 4) is 0 Å². The molecule has 130 valence electrons. The summed E-state index contributed by atoms with van der Waals surface area (Å²) in [7, 11) is 0. The van der Waals surface area contributed by atoms with Crippen LogP contribution in [0.3, 0.4) is 0 Å². The number of likely N-dealkylation sites (tertiary alicyclic amines) is 1. The Balaban J connectivity index is 2.52. The van der Waals surface area contributed by atoms with Crippen molar-refractivity contribution < 1.29 is 24.3 Å². The number of amides is 3. The standard InChI is InChI=1S/C14H24N4O5/c1-8(2)12(15)14(23)16-6-10(19)18-5-3-4-9(18)13(22)17-7-11(20)21/h8-9,12H,3-7,15H2,1-2H3,(H,16,23)(H,17,22)(H,20,21)/t9-,12-/m0/s1. The fourth-order valence-corrected chi connectivity index (χ4v) is 2.30. The highest BCUT2D eigenvalue weighted by Gasteiger charge is 2.34. The summed E-state index contributed by atoms with van der Waals surface area (Å²) in [5.41, 5.74) is 5.69. The van der Waals surface area contributed by atoms with Gasteiger partial charge in [-0.15, -0.1) is 0 Å². The smallest absolute Gasteiger partial charge is 0.322 e. The second kappa shape index (κ2) is 8.47. The highest BCUT2D eigenvalue weighted by atomic mass is 16.4. The van der Waals surface area contributed by atoms with E-state index in [1.165, 1.54) is 4.90 Å². The Morgan fingerprint density at radius 1 is 1.22 bits per heavy atom. The zero-order valence-electron chi connectivity index (χ0n) is 13.4. The average molecular weight is 328 g/mol. The zero-order chi connectivity index (χ0) is 17.6. The molecule has 5 N–H and O–H groups in total. The number of carbonyl (C=O) groups is 4. The Hall–Kier alpha value is -2.16. The van der Waals surface area contributed by atoms with E-state index in [1.54, 1.807) is 13.8 Å². The molecule has 2 atom stereocenters. The molecule has 0 aromatic rings. The number of nitrogens with two attached hydrogens (primary N) is 1. The molecule has 0 bridgehead atoms. The van der Waals surface area contributed by atoms with Crippen molar-refractivity contribution in [2.45, 2.75) is 38.8 Å². The Morgan fingerprint density at radius 2 is 1.87 bits per heavy atom. The molecular formula is C14H24N4O5. The van der Waals surface area contributed by atoms with Gasteiger partial charge in [0, 0.05) is 6.54 Å². The van der Waals surface area contributed by atoms with Gasteiger partial charge in [-0.1, -0.05) is 13.8 Å². The first kappa shape index (κ1) is 18.9. The fourth-order valence-electron chi connectivity index (χ4n) is 2.30. The third-order valence-corrected chi connectivity index (χ3v) is 3.72. The third-order valence-electron chi connectivity index (χ3n) is 3.72. The summed E-state index contributed by atoms with van der Waals surface area (Å²) in [4.78, 5) is 47.7. The number of nitrogens with one attached hydrogen (secondary N) is 2. The van der Waals surface area contributed by atoms with Crippen molar-refractivity contribution >= 4 is 23.7 Å². The molecule has 0 aromatic carbocycles. The lowest BCUT2D eigenvalue weighted by atomic mass is 10.1. The number of carbonyl (C=O) groups excluding carboxylic acids is 3. The van der Waals surface area contributed by atoms with Crippen LogP contribution in [0.25, 0.3) is 0 Å². The fraction of sp³-hybridized carbons (Fsp3) is 0.714. The van der Waals surface area contributed by atoms with Crippen LogP contribution in [0.2, 0.25) is 0 Å². The number of rotatable bonds is 7. The average Bonchev–Trinajstić information content (AvgIpc) is 2.98. The first-order valence-corrected chi connectivity index (χ1v) is 7.56. The van der Waals surface area contributed by atoms with Crippen LogP contribution in [0.5, 0.6) is 0 Å². The quantitative estimate of drug-likeness (QED) is 0.438. The van der Waals surface area contributed by atoms with E-state index in [0.29, 0.717) is 19.4 Å². The maximum absolute atomic E-state index is 12.2. The molecule has 9 heteroatoms. The second-order valence-electron chi connectivity index (χ2n) is 5.84. The molecule has 9 nitrogen and oxygen atoms in total. The highest BCUT2D eigenvalue weighted by Crippen LogP contribution is 2.17. The predicted octanol–water partition coefficient (Wildman–Crippen LogP) is -1.72. The van der Waals surface area contributed by atoms with Gasteiger partial charge in [0.05, 0.1) is 12.6 Å². The normalized spacial score (nSPS) is 18.6. The summed E-state index contributed by atoms with van der Waals surface area (Å²) in [5, 5.41) is 13.3. The van der Waals surface area contributed by atoms with Crippen molar-refractivity contribution in [1.82, 2.24) is 15.5 Å². The largest absolute Gasteiger partial charge is 0.480 e. The van der Waals surface area contributed by atoms with E-state index >= 15 is 0 Å². The Kier molecular flexibility index (Phi) is 6.95. The third kappa shape index (κ3) is 5.51. The van der Waals surface area contributed by atoms with Gasteiger partial charge in [-0.3, -0.25) is 19.2 Å². The molecule has 1 rings (SSSR count). The van der Waals surface area contributed by atoms with Crippen molar-refractivity contribution in [3.05, 3.63) is 0 Å². The molecular weight excluding hydrogens is 304 g/mol. The van der Waals surface area contributed by atoms with Crippen LogP contribution in [-0.4, -0.2) is 65.4 Å². The van der Waals surface area contributed by atoms with Crippen LogP contribution in [0.1, 0.15) is 26.7 Å². The molecule has 0 saturated carbocycles. The predicted molar refractivity (Wildman–Crippen MR) is 81.2 cm³/mol. The lowest BCUT2D eigenvalue weighted by Crippen LogP contribution is -2.51. The van der Waals surface area contributed by atoms with E-state index in [1.807, 2.05) is 0 Å². The van der Waals surface area contributed by atoms with Gasteiger partial charge < -0.3 is 26.4 Å². The molecule has 0 unspecified atom stereocenters. The summed E-state index contributed by atoms with van der Waals surface area (Å²) in [6, 6.07) is -1.39. The number of hydrogen-bond donors (Lipinski definition) is 4. The van der Waals surface area contributed by atoms with Crippen LogP contribution in [0.15, 0.2) is 0 Å². The van der Waals surface area contributed by atoms with Crippen molar-refractivity contribution in [2.75, 3.05) is 19.6 Å². The van der Waals surface area contributed by atoms with Gasteiger partial charge in [-0.25, -0.2) is 0 Å². The number of carboxylic acid groups (broad SMARTS) is 1. The minimum Gasteiger partial charge on any atom is -0.480 e. The molecule has 1 aliphatic rings. The van der Waals surface area contributed by atoms with Gasteiger partial charge in [0.15, 0.2) is 0 Å². The van der Waals surface area contributed by atoms with Gasteiger partial charge in [0.25, 0.3) is 0 Å². The molecule has 0 aromatic heterocycles. The van der Waals surface area contributed by atoms with Crippen LogP contribution in [-0.2, 0) is 19.2 Å². The second-order valence-corrected chi connectivity index (χ2v) is 5.84. The maximum Gasteiger partial charge on any atom is 0.322 e. The summed E-state index contributed by atoms with van der Waals surface area (Å²) in [6.45, 7) is 3.28. The number of aliphatic carboxylic acids is 1. The Morgan fingerprint density at radius 3 is 2.43 bits per heavy atom. The molecule has 1 heterocycles. The summed E-state index contributed by atoms with van der Waals surface area (Å²) >= 11 is 0. The van der Waals surface area contributed by atoms with Gasteiger partial charge >= 0.3 is 5.97 Å². The first-order chi connectivity index (χ1) is 10.7. The molecule has 0 spiro atoms. The van der Waals surface area contributed by atoms with E-state index in [2.05, 4.69) is 10.6 Å². The van der Waals surface area contributed by atoms with E-state index in [0.717, 1.165) is 0 Å². The summed E-state index contributed by atoms with van der Waals surface area (Å²) in [5.74, 6) is -2.50. The van der Waals surface area contributed by atoms with E-state index in [-0.39, 0.29) is 18.4 Å². The molecule has 0 radical (unpaired) electrons. The number of nitrogens with zero attached hydrogens (tertiary/aromatic N) is 1. The molecule has 23 heavy (non-hydrogen) atoms. The number of hydrogen-bond acceptors (Lipinski definition) is 5. The van der Waals surface area contributed by atoms with Gasteiger partial charge in [0.1, 0.15) is 12.6 Å². The topological polar surface area (TPSA) is 142 Å². The number of carboxylic acids is 1. The van der Waals surface area contributed by atoms with Crippen LogP contribution in [0.4, 0.5) is 0 Å². The van der Waals surface area contributed by atoms with Crippen molar-refractivity contribution in [1.29, 1.82) is 0 Å². The maximum atomic E-state index is 12.2. The monoisotopic (exact) mass is 328 g/mol. The lowest BCUT2D eigenvalue weighted by Gasteiger charge is -2.24. The molecule has 1 saturated heterocycles. The molecule has 1 fully saturated rings. The van der Waals surface area contributed by atoms with Gasteiger partial charge in [-0.2, -0.15) is 0 Å². The van der Waals surface area contributed by atoms with E-state index in [4.69, 9.17) is 10.8 Å². The van der Waals surface area contributed by atoms with Gasteiger partial charge in [0.2, 0.25) is 17.7 Å². The Bertz CT molecular complexity index is 480. The summed E-state index contributed by atoms with van der Waals surface area (Å²) in [6.07, 6.45) is 1.12. The van der Waals surface area contributed by atoms with Crippen LogP contribution in [0, 0.1) is 5.92 Å². The van der Waals surface area contributed by atoms with Crippen molar-refractivity contribution in [3.63, 3.8) is 0 Å². The zero-order valence-corrected chi connectivity index (χ0v) is 13.4. The van der Waals surface area contributed by atoms with Crippen LogP contribution < -0.4 is 16.4 Å². The van der Waals surface area contributed by atoms with Crippen molar-refractivity contribution in [2.24, 2.45) is 11.7 Å². The minimum atomic E-state index is -1.15. The van der Waals surface area contributed by atoms with Crippen LogP contribution >= 0.6 is 0 Å². The Labute approximate surface area is 134 Å². The van der Waals surface area contributed by atoms with Gasteiger partial charge in [-0.05, 0) is 18.8 Å². The lowest BCUT2D eigenvalue weighted by molar-refractivity contribution is -0.141. The van der Waals surface area contributed by atoms with E-state index in [9.17, 15) is 19.2 Å². The van der Waals surface area contributed by atoms with E-state index < -0.39 is 36.4 Å². The molecule has 0 aliphatic carbocycles. The first-order valence-electron chi connectivity index (χ1n) is 7.56. The molecule has 3 amide bonds. The summed E-state index contributed by atoms with van der Waals surface area (Å²) < 4.78 is 0. The highest BCUT2D eigenvalue weighted by molar-refractivity contribution is 5.92.